The van der Waals surface area contributed by atoms with Crippen molar-refractivity contribution in [2.45, 2.75) is 19.6 Å². The first-order valence-electron chi connectivity index (χ1n) is 7.76. The van der Waals surface area contributed by atoms with Gasteiger partial charge in [-0.25, -0.2) is 4.79 Å². The van der Waals surface area contributed by atoms with E-state index in [0.29, 0.717) is 23.7 Å². The highest BCUT2D eigenvalue weighted by Crippen LogP contribution is 2.21. The van der Waals surface area contributed by atoms with E-state index in [1.807, 2.05) is 31.2 Å². The molecule has 2 rings (SSSR count). The maximum Gasteiger partial charge on any atom is 0.315 e. The fraction of sp³-hybridized carbons (Fsp3) is 0.278. The van der Waals surface area contributed by atoms with Crippen molar-refractivity contribution in [3.05, 3.63) is 64.7 Å². The first-order valence-corrected chi connectivity index (χ1v) is 8.14. The summed E-state index contributed by atoms with van der Waals surface area (Å²) in [6.07, 6.45) is -0.861. The number of hydrogen-bond donors (Lipinski definition) is 3. The van der Waals surface area contributed by atoms with Gasteiger partial charge in [-0.3, -0.25) is 0 Å². The molecule has 1 unspecified atom stereocenters. The van der Waals surface area contributed by atoms with E-state index in [1.165, 1.54) is 0 Å². The number of carbonyl (C=O) groups is 1. The standard InChI is InChI=1S/C18H21ClN2O3/c1-2-24-17-10-6-3-7-13(17)11-20-18(23)21-12-16(22)14-8-4-5-9-15(14)19/h3-10,16,22H,2,11-12H2,1H3,(H2,20,21,23). The predicted octanol–water partition coefficient (Wildman–Crippen LogP) is 3.27. The highest BCUT2D eigenvalue weighted by atomic mass is 35.5. The first kappa shape index (κ1) is 18.1. The van der Waals surface area contributed by atoms with Crippen molar-refractivity contribution < 1.29 is 14.6 Å². The number of aliphatic hydroxyl groups excluding tert-OH is 1. The van der Waals surface area contributed by atoms with Crippen LogP contribution in [-0.4, -0.2) is 24.3 Å². The molecule has 2 aromatic rings. The zero-order valence-corrected chi connectivity index (χ0v) is 14.2. The van der Waals surface area contributed by atoms with Crippen LogP contribution in [0.5, 0.6) is 5.75 Å². The van der Waals surface area contributed by atoms with Crippen LogP contribution in [0.4, 0.5) is 4.79 Å². The summed E-state index contributed by atoms with van der Waals surface area (Å²) in [6.45, 7) is 2.88. The Morgan fingerprint density at radius 2 is 1.88 bits per heavy atom. The molecule has 1 atom stereocenters. The Bertz CT molecular complexity index is 679. The lowest BCUT2D eigenvalue weighted by molar-refractivity contribution is 0.173. The number of aliphatic hydroxyl groups is 1. The molecule has 24 heavy (non-hydrogen) atoms. The summed E-state index contributed by atoms with van der Waals surface area (Å²) < 4.78 is 5.51. The van der Waals surface area contributed by atoms with E-state index in [4.69, 9.17) is 16.3 Å². The van der Waals surface area contributed by atoms with E-state index in [9.17, 15) is 9.90 Å². The van der Waals surface area contributed by atoms with Gasteiger partial charge >= 0.3 is 6.03 Å². The number of urea groups is 1. The maximum absolute atomic E-state index is 11.9. The van der Waals surface area contributed by atoms with Crippen LogP contribution in [-0.2, 0) is 6.54 Å². The molecule has 0 aromatic heterocycles. The highest BCUT2D eigenvalue weighted by Gasteiger charge is 2.12. The topological polar surface area (TPSA) is 70.6 Å². The zero-order valence-electron chi connectivity index (χ0n) is 13.5. The number of rotatable bonds is 7. The quantitative estimate of drug-likeness (QED) is 0.719. The molecule has 2 aromatic carbocycles. The van der Waals surface area contributed by atoms with Crippen molar-refractivity contribution in [1.29, 1.82) is 0 Å². The van der Waals surface area contributed by atoms with Crippen LogP contribution >= 0.6 is 11.6 Å². The maximum atomic E-state index is 11.9. The number of ether oxygens (including phenoxy) is 1. The summed E-state index contributed by atoms with van der Waals surface area (Å²) in [5, 5.41) is 15.9. The zero-order chi connectivity index (χ0) is 17.4. The molecule has 0 saturated heterocycles. The second-order valence-electron chi connectivity index (χ2n) is 5.14. The minimum Gasteiger partial charge on any atom is -0.494 e. The van der Waals surface area contributed by atoms with Crippen LogP contribution in [0, 0.1) is 0 Å². The smallest absolute Gasteiger partial charge is 0.315 e. The van der Waals surface area contributed by atoms with Gasteiger partial charge in [0.2, 0.25) is 0 Å². The first-order chi connectivity index (χ1) is 11.6. The molecule has 128 valence electrons. The summed E-state index contributed by atoms with van der Waals surface area (Å²) in [6, 6.07) is 14.2. The molecule has 0 radical (unpaired) electrons. The third kappa shape index (κ3) is 5.15. The summed E-state index contributed by atoms with van der Waals surface area (Å²) >= 11 is 6.02. The number of carbonyl (C=O) groups excluding carboxylic acids is 1. The largest absolute Gasteiger partial charge is 0.494 e. The highest BCUT2D eigenvalue weighted by molar-refractivity contribution is 6.31. The van der Waals surface area contributed by atoms with E-state index >= 15 is 0 Å². The summed E-state index contributed by atoms with van der Waals surface area (Å²) in [7, 11) is 0. The fourth-order valence-corrected chi connectivity index (χ4v) is 2.49. The molecule has 0 aliphatic carbocycles. The summed E-state index contributed by atoms with van der Waals surface area (Å²) in [5.41, 5.74) is 1.47. The number of hydrogen-bond acceptors (Lipinski definition) is 3. The Labute approximate surface area is 146 Å². The van der Waals surface area contributed by atoms with Gasteiger partial charge in [0, 0.05) is 29.2 Å². The molecule has 3 N–H and O–H groups in total. The van der Waals surface area contributed by atoms with Crippen molar-refractivity contribution in [2.75, 3.05) is 13.2 Å². The van der Waals surface area contributed by atoms with Crippen LogP contribution in [0.2, 0.25) is 5.02 Å². The van der Waals surface area contributed by atoms with E-state index in [0.717, 1.165) is 11.3 Å². The van der Waals surface area contributed by atoms with Gasteiger partial charge < -0.3 is 20.5 Å². The van der Waals surface area contributed by atoms with E-state index < -0.39 is 6.10 Å². The van der Waals surface area contributed by atoms with Crippen molar-refractivity contribution in [2.24, 2.45) is 0 Å². The van der Waals surface area contributed by atoms with Crippen LogP contribution in [0.1, 0.15) is 24.2 Å². The SMILES string of the molecule is CCOc1ccccc1CNC(=O)NCC(O)c1ccccc1Cl. The molecule has 6 heteroatoms. The predicted molar refractivity (Wildman–Crippen MR) is 94.3 cm³/mol. The lowest BCUT2D eigenvalue weighted by Gasteiger charge is -2.15. The molecule has 5 nitrogen and oxygen atoms in total. The van der Waals surface area contributed by atoms with Crippen LogP contribution in [0.3, 0.4) is 0 Å². The molecule has 0 fully saturated rings. The Balaban J connectivity index is 1.83. The summed E-state index contributed by atoms with van der Waals surface area (Å²) in [5.74, 6) is 0.747. The lowest BCUT2D eigenvalue weighted by Crippen LogP contribution is -2.37. The van der Waals surface area contributed by atoms with Crippen molar-refractivity contribution in [3.8, 4) is 5.75 Å². The van der Waals surface area contributed by atoms with Crippen molar-refractivity contribution in [3.63, 3.8) is 0 Å². The monoisotopic (exact) mass is 348 g/mol. The van der Waals surface area contributed by atoms with Gasteiger partial charge in [-0.05, 0) is 19.1 Å². The normalized spacial score (nSPS) is 11.6. The van der Waals surface area contributed by atoms with E-state index in [1.54, 1.807) is 24.3 Å². The molecule has 2 amide bonds. The Kier molecular flexibility index (Phi) is 6.90. The lowest BCUT2D eigenvalue weighted by atomic mass is 10.1. The molecular weight excluding hydrogens is 328 g/mol. The molecule has 0 saturated carbocycles. The molecule has 0 aliphatic heterocycles. The van der Waals surface area contributed by atoms with Crippen LogP contribution in [0.25, 0.3) is 0 Å². The van der Waals surface area contributed by atoms with Crippen LogP contribution < -0.4 is 15.4 Å². The van der Waals surface area contributed by atoms with Gasteiger partial charge in [-0.2, -0.15) is 0 Å². The summed E-state index contributed by atoms with van der Waals surface area (Å²) in [4.78, 5) is 11.9. The van der Waals surface area contributed by atoms with Gasteiger partial charge in [-0.1, -0.05) is 48.0 Å². The van der Waals surface area contributed by atoms with Gasteiger partial charge in [0.1, 0.15) is 5.75 Å². The average molecular weight is 349 g/mol. The van der Waals surface area contributed by atoms with E-state index in [2.05, 4.69) is 10.6 Å². The molecule has 0 bridgehead atoms. The second-order valence-corrected chi connectivity index (χ2v) is 5.55. The number of para-hydroxylation sites is 1. The Morgan fingerprint density at radius 3 is 2.62 bits per heavy atom. The number of halogens is 1. The van der Waals surface area contributed by atoms with Gasteiger partial charge in [0.15, 0.2) is 0 Å². The fourth-order valence-electron chi connectivity index (χ4n) is 2.23. The Morgan fingerprint density at radius 1 is 1.17 bits per heavy atom. The van der Waals surface area contributed by atoms with Crippen molar-refractivity contribution >= 4 is 17.6 Å². The number of nitrogens with one attached hydrogen (secondary N) is 2. The van der Waals surface area contributed by atoms with E-state index in [-0.39, 0.29) is 12.6 Å². The number of benzene rings is 2. The average Bonchev–Trinajstić information content (AvgIpc) is 2.59. The minimum absolute atomic E-state index is 0.0721. The van der Waals surface area contributed by atoms with Gasteiger partial charge in [0.05, 0.1) is 12.7 Å². The van der Waals surface area contributed by atoms with Crippen LogP contribution in [0.15, 0.2) is 48.5 Å². The van der Waals surface area contributed by atoms with Gasteiger partial charge in [0.25, 0.3) is 0 Å². The number of amides is 2. The third-order valence-corrected chi connectivity index (χ3v) is 3.78. The minimum atomic E-state index is -0.861. The molecule has 0 spiro atoms. The molecular formula is C18H21ClN2O3. The molecule has 0 aliphatic rings. The second kappa shape index (κ2) is 9.15. The molecule has 0 heterocycles. The van der Waals surface area contributed by atoms with Crippen molar-refractivity contribution in [1.82, 2.24) is 10.6 Å². The third-order valence-electron chi connectivity index (χ3n) is 3.43. The van der Waals surface area contributed by atoms with Gasteiger partial charge in [-0.15, -0.1) is 0 Å². The Hall–Kier alpha value is -2.24.